The minimum Gasteiger partial charge on any atom is -0.474 e. The number of aryl methyl sites for hydroxylation is 2. The Morgan fingerprint density at radius 1 is 1.33 bits per heavy atom. The molecule has 1 N–H and O–H groups in total. The lowest BCUT2D eigenvalue weighted by Crippen LogP contribution is -2.18. The van der Waals surface area contributed by atoms with Crippen molar-refractivity contribution >= 4 is 0 Å². The number of ether oxygens (including phenoxy) is 1. The lowest BCUT2D eigenvalue weighted by molar-refractivity contribution is 0.198. The van der Waals surface area contributed by atoms with E-state index in [2.05, 4.69) is 30.2 Å². The molecular weight excluding hydrogens is 224 g/mol. The first-order valence-electron chi connectivity index (χ1n) is 7.05. The average molecular weight is 248 g/mol. The summed E-state index contributed by atoms with van der Waals surface area (Å²) in [5.41, 5.74) is 3.53. The second-order valence-electron chi connectivity index (χ2n) is 5.17. The monoisotopic (exact) mass is 248 g/mol. The third-order valence-electron chi connectivity index (χ3n) is 3.57. The summed E-state index contributed by atoms with van der Waals surface area (Å²) in [5.74, 6) is 0.848. The van der Waals surface area contributed by atoms with Gasteiger partial charge >= 0.3 is 0 Å². The topological polar surface area (TPSA) is 34.2 Å². The lowest BCUT2D eigenvalue weighted by atomic mass is 10.1. The molecule has 0 amide bonds. The highest BCUT2D eigenvalue weighted by atomic mass is 16.5. The Morgan fingerprint density at radius 3 is 2.72 bits per heavy atom. The molecule has 1 aliphatic rings. The molecular formula is C15H24N2O. The number of aromatic nitrogens is 1. The van der Waals surface area contributed by atoms with E-state index >= 15 is 0 Å². The van der Waals surface area contributed by atoms with Gasteiger partial charge in [0.15, 0.2) is 0 Å². The van der Waals surface area contributed by atoms with Gasteiger partial charge in [0.25, 0.3) is 0 Å². The highest BCUT2D eigenvalue weighted by Crippen LogP contribution is 2.27. The van der Waals surface area contributed by atoms with Gasteiger partial charge in [0, 0.05) is 17.8 Å². The minimum atomic E-state index is 0.374. The van der Waals surface area contributed by atoms with Gasteiger partial charge in [-0.3, -0.25) is 0 Å². The zero-order valence-corrected chi connectivity index (χ0v) is 11.8. The van der Waals surface area contributed by atoms with E-state index in [0.29, 0.717) is 6.10 Å². The number of hydrogen-bond donors (Lipinski definition) is 1. The maximum atomic E-state index is 6.11. The molecule has 0 spiro atoms. The van der Waals surface area contributed by atoms with E-state index in [0.717, 1.165) is 24.7 Å². The Labute approximate surface area is 110 Å². The molecule has 0 aliphatic heterocycles. The zero-order valence-electron chi connectivity index (χ0n) is 11.8. The molecule has 18 heavy (non-hydrogen) atoms. The van der Waals surface area contributed by atoms with Crippen LogP contribution in [0.5, 0.6) is 5.88 Å². The molecule has 0 atom stereocenters. The maximum absolute atomic E-state index is 6.11. The van der Waals surface area contributed by atoms with Crippen molar-refractivity contribution in [2.45, 2.75) is 59.1 Å². The summed E-state index contributed by atoms with van der Waals surface area (Å²) < 4.78 is 6.11. The molecule has 1 aromatic rings. The highest BCUT2D eigenvalue weighted by molar-refractivity contribution is 5.36. The predicted molar refractivity (Wildman–Crippen MR) is 74.0 cm³/mol. The number of pyridine rings is 1. The van der Waals surface area contributed by atoms with Crippen LogP contribution in [0, 0.1) is 13.8 Å². The Bertz CT molecular complexity index is 398. The van der Waals surface area contributed by atoms with Crippen molar-refractivity contribution in [3.05, 3.63) is 22.9 Å². The van der Waals surface area contributed by atoms with Gasteiger partial charge in [0.05, 0.1) is 0 Å². The average Bonchev–Trinajstić information content (AvgIpc) is 2.80. The van der Waals surface area contributed by atoms with Gasteiger partial charge in [0.1, 0.15) is 6.10 Å². The second-order valence-corrected chi connectivity index (χ2v) is 5.17. The van der Waals surface area contributed by atoms with E-state index in [9.17, 15) is 0 Å². The van der Waals surface area contributed by atoms with Crippen LogP contribution < -0.4 is 10.1 Å². The van der Waals surface area contributed by atoms with E-state index in [1.165, 1.54) is 36.8 Å². The van der Waals surface area contributed by atoms with Crippen molar-refractivity contribution in [2.75, 3.05) is 6.54 Å². The van der Waals surface area contributed by atoms with E-state index in [4.69, 9.17) is 4.74 Å². The number of nitrogens with zero attached hydrogens (tertiary/aromatic N) is 1. The Hall–Kier alpha value is -1.09. The molecule has 1 fully saturated rings. The van der Waals surface area contributed by atoms with Gasteiger partial charge in [-0.25, -0.2) is 4.98 Å². The molecule has 3 nitrogen and oxygen atoms in total. The molecule has 1 heterocycles. The van der Waals surface area contributed by atoms with Crippen LogP contribution in [0.2, 0.25) is 0 Å². The fraction of sp³-hybridized carbons (Fsp3) is 0.667. The Kier molecular flexibility index (Phi) is 4.59. The van der Waals surface area contributed by atoms with Crippen molar-refractivity contribution < 1.29 is 4.74 Å². The quantitative estimate of drug-likeness (QED) is 0.869. The third kappa shape index (κ3) is 3.22. The number of hydrogen-bond acceptors (Lipinski definition) is 3. The molecule has 0 aromatic carbocycles. The van der Waals surface area contributed by atoms with Gasteiger partial charge in [-0.2, -0.15) is 0 Å². The molecule has 1 aliphatic carbocycles. The van der Waals surface area contributed by atoms with Gasteiger partial charge in [-0.05, 0) is 57.7 Å². The van der Waals surface area contributed by atoms with Crippen molar-refractivity contribution in [3.63, 3.8) is 0 Å². The van der Waals surface area contributed by atoms with Crippen LogP contribution in [-0.4, -0.2) is 17.6 Å². The summed E-state index contributed by atoms with van der Waals surface area (Å²) in [4.78, 5) is 4.59. The molecule has 0 bridgehead atoms. The van der Waals surface area contributed by atoms with Crippen LogP contribution in [0.25, 0.3) is 0 Å². The summed E-state index contributed by atoms with van der Waals surface area (Å²) in [6.45, 7) is 8.11. The molecule has 3 heteroatoms. The van der Waals surface area contributed by atoms with Crippen molar-refractivity contribution in [1.29, 1.82) is 0 Å². The van der Waals surface area contributed by atoms with Gasteiger partial charge in [-0.15, -0.1) is 0 Å². The van der Waals surface area contributed by atoms with Gasteiger partial charge in [0.2, 0.25) is 5.88 Å². The van der Waals surface area contributed by atoms with Crippen LogP contribution in [-0.2, 0) is 6.54 Å². The van der Waals surface area contributed by atoms with Crippen LogP contribution in [0.1, 0.15) is 49.4 Å². The SMILES string of the molecule is CCNCc1c(C)cc(C)nc1OC1CCCC1. The fourth-order valence-corrected chi connectivity index (χ4v) is 2.56. The van der Waals surface area contributed by atoms with E-state index in [1.807, 2.05) is 6.92 Å². The summed E-state index contributed by atoms with van der Waals surface area (Å²) in [6.07, 6.45) is 5.31. The van der Waals surface area contributed by atoms with Crippen LogP contribution in [0.15, 0.2) is 6.07 Å². The molecule has 0 saturated heterocycles. The van der Waals surface area contributed by atoms with Crippen molar-refractivity contribution in [1.82, 2.24) is 10.3 Å². The zero-order chi connectivity index (χ0) is 13.0. The van der Waals surface area contributed by atoms with Crippen LogP contribution >= 0.6 is 0 Å². The van der Waals surface area contributed by atoms with Crippen molar-refractivity contribution in [3.8, 4) is 5.88 Å². The standard InChI is InChI=1S/C15H24N2O/c1-4-16-10-14-11(2)9-12(3)17-15(14)18-13-7-5-6-8-13/h9,13,16H,4-8,10H2,1-3H3. The van der Waals surface area contributed by atoms with Crippen LogP contribution in [0.3, 0.4) is 0 Å². The Balaban J connectivity index is 2.18. The van der Waals surface area contributed by atoms with E-state index in [-0.39, 0.29) is 0 Å². The summed E-state index contributed by atoms with van der Waals surface area (Å²) in [6, 6.07) is 2.13. The van der Waals surface area contributed by atoms with E-state index in [1.54, 1.807) is 0 Å². The summed E-state index contributed by atoms with van der Waals surface area (Å²) in [7, 11) is 0. The fourth-order valence-electron chi connectivity index (χ4n) is 2.56. The normalized spacial score (nSPS) is 16.2. The van der Waals surface area contributed by atoms with Gasteiger partial charge < -0.3 is 10.1 Å². The molecule has 1 aromatic heterocycles. The van der Waals surface area contributed by atoms with Crippen LogP contribution in [0.4, 0.5) is 0 Å². The summed E-state index contributed by atoms with van der Waals surface area (Å²) in [5, 5.41) is 3.37. The molecule has 0 radical (unpaired) electrons. The summed E-state index contributed by atoms with van der Waals surface area (Å²) >= 11 is 0. The molecule has 0 unspecified atom stereocenters. The first-order valence-corrected chi connectivity index (χ1v) is 7.05. The molecule has 1 saturated carbocycles. The van der Waals surface area contributed by atoms with Gasteiger partial charge in [-0.1, -0.05) is 6.92 Å². The van der Waals surface area contributed by atoms with Crippen molar-refractivity contribution in [2.24, 2.45) is 0 Å². The lowest BCUT2D eigenvalue weighted by Gasteiger charge is -2.18. The number of nitrogens with one attached hydrogen (secondary N) is 1. The van der Waals surface area contributed by atoms with E-state index < -0.39 is 0 Å². The second kappa shape index (κ2) is 6.19. The predicted octanol–water partition coefficient (Wildman–Crippen LogP) is 3.13. The minimum absolute atomic E-state index is 0.374. The molecule has 2 rings (SSSR count). The first kappa shape index (κ1) is 13.3. The largest absolute Gasteiger partial charge is 0.474 e. The maximum Gasteiger partial charge on any atom is 0.218 e. The number of rotatable bonds is 5. The highest BCUT2D eigenvalue weighted by Gasteiger charge is 2.19. The third-order valence-corrected chi connectivity index (χ3v) is 3.57. The molecule has 100 valence electrons. The first-order chi connectivity index (χ1) is 8.70. The smallest absolute Gasteiger partial charge is 0.218 e. The Morgan fingerprint density at radius 2 is 2.06 bits per heavy atom.